The quantitative estimate of drug-likeness (QED) is 0.468. The van der Waals surface area contributed by atoms with E-state index in [0.717, 1.165) is 0 Å². The van der Waals surface area contributed by atoms with Gasteiger partial charge in [0.05, 0.1) is 0 Å². The molecule has 0 heterocycles. The second-order valence-corrected chi connectivity index (χ2v) is 5.89. The number of benzene rings is 2. The molecule has 0 atom stereocenters. The van der Waals surface area contributed by atoms with Crippen molar-refractivity contribution in [2.24, 2.45) is 0 Å². The van der Waals surface area contributed by atoms with Crippen molar-refractivity contribution in [2.45, 2.75) is 65.2 Å². The van der Waals surface area contributed by atoms with Crippen molar-refractivity contribution in [3.8, 4) is 0 Å². The van der Waals surface area contributed by atoms with Crippen LogP contribution in [0.2, 0.25) is 0 Å². The molecule has 0 aromatic heterocycles. The first kappa shape index (κ1) is 18.5. The molecule has 120 valence electrons. The van der Waals surface area contributed by atoms with Crippen molar-refractivity contribution in [3.63, 3.8) is 0 Å². The van der Waals surface area contributed by atoms with Crippen LogP contribution in [0, 0.1) is 0 Å². The minimum Gasteiger partial charge on any atom is -0.0654 e. The molecule has 0 spiro atoms. The van der Waals surface area contributed by atoms with Crippen LogP contribution in [0.25, 0.3) is 0 Å². The van der Waals surface area contributed by atoms with Crippen molar-refractivity contribution in [1.82, 2.24) is 0 Å². The molecule has 0 aliphatic rings. The summed E-state index contributed by atoms with van der Waals surface area (Å²) in [5, 5.41) is 0. The van der Waals surface area contributed by atoms with E-state index < -0.39 is 0 Å². The summed E-state index contributed by atoms with van der Waals surface area (Å²) in [5.74, 6) is 0. The Labute approximate surface area is 137 Å². The first-order chi connectivity index (χ1) is 10.9. The maximum Gasteiger partial charge on any atom is -0.0279 e. The maximum atomic E-state index is 2.24. The molecule has 0 aliphatic heterocycles. The van der Waals surface area contributed by atoms with Gasteiger partial charge in [0.15, 0.2) is 0 Å². The Bertz CT molecular complexity index is 398. The van der Waals surface area contributed by atoms with E-state index in [9.17, 15) is 0 Å². The summed E-state index contributed by atoms with van der Waals surface area (Å²) in [7, 11) is 0. The average Bonchev–Trinajstić information content (AvgIpc) is 2.58. The topological polar surface area (TPSA) is 0 Å². The molecule has 0 aliphatic carbocycles. The molecule has 0 saturated heterocycles. The molecule has 0 nitrogen and oxygen atoms in total. The van der Waals surface area contributed by atoms with Gasteiger partial charge in [0.25, 0.3) is 0 Å². The second-order valence-electron chi connectivity index (χ2n) is 5.89. The van der Waals surface area contributed by atoms with Crippen molar-refractivity contribution < 1.29 is 0 Å². The molecule has 22 heavy (non-hydrogen) atoms. The van der Waals surface area contributed by atoms with Crippen molar-refractivity contribution in [1.29, 1.82) is 0 Å². The third kappa shape index (κ3) is 9.39. The molecule has 2 aromatic rings. The van der Waals surface area contributed by atoms with Gasteiger partial charge in [0, 0.05) is 0 Å². The number of aryl methyl sites for hydroxylation is 2. The smallest absolute Gasteiger partial charge is 0.0279 e. The summed E-state index contributed by atoms with van der Waals surface area (Å²) in [6, 6.07) is 21.4. The highest BCUT2D eigenvalue weighted by Crippen LogP contribution is 2.06. The van der Waals surface area contributed by atoms with Gasteiger partial charge in [0.1, 0.15) is 0 Å². The molecule has 2 rings (SSSR count). The SMILES string of the molecule is CCCCCc1ccccc1.CCCCCc1ccccc1. The lowest BCUT2D eigenvalue weighted by atomic mass is 10.1. The largest absolute Gasteiger partial charge is 0.0654 e. The zero-order chi connectivity index (χ0) is 15.9. The summed E-state index contributed by atoms with van der Waals surface area (Å²) in [6.07, 6.45) is 10.5. The Balaban J connectivity index is 0.000000220. The Morgan fingerprint density at radius 3 is 1.18 bits per heavy atom. The second kappa shape index (κ2) is 13.1. The van der Waals surface area contributed by atoms with E-state index in [2.05, 4.69) is 74.5 Å². The van der Waals surface area contributed by atoms with Crippen LogP contribution >= 0.6 is 0 Å². The van der Waals surface area contributed by atoms with Gasteiger partial charge in [-0.3, -0.25) is 0 Å². The molecule has 0 radical (unpaired) electrons. The molecule has 0 unspecified atom stereocenters. The Morgan fingerprint density at radius 1 is 0.500 bits per heavy atom. The minimum absolute atomic E-state index is 1.24. The summed E-state index contributed by atoms with van der Waals surface area (Å²) < 4.78 is 0. The molecular weight excluding hydrogens is 264 g/mol. The van der Waals surface area contributed by atoms with Crippen LogP contribution in [0.1, 0.15) is 63.5 Å². The number of rotatable bonds is 8. The lowest BCUT2D eigenvalue weighted by Crippen LogP contribution is -1.83. The third-order valence-electron chi connectivity index (χ3n) is 3.82. The first-order valence-corrected chi connectivity index (χ1v) is 8.94. The number of hydrogen-bond donors (Lipinski definition) is 0. The van der Waals surface area contributed by atoms with E-state index in [4.69, 9.17) is 0 Å². The van der Waals surface area contributed by atoms with E-state index >= 15 is 0 Å². The van der Waals surface area contributed by atoms with Crippen LogP contribution in [0.4, 0.5) is 0 Å². The summed E-state index contributed by atoms with van der Waals surface area (Å²) >= 11 is 0. The Kier molecular flexibility index (Phi) is 11.0. The molecule has 0 bridgehead atoms. The van der Waals surface area contributed by atoms with E-state index in [1.807, 2.05) is 0 Å². The van der Waals surface area contributed by atoms with E-state index in [1.54, 1.807) is 0 Å². The van der Waals surface area contributed by atoms with Crippen molar-refractivity contribution in [2.75, 3.05) is 0 Å². The maximum absolute atomic E-state index is 2.24. The molecular formula is C22H32. The van der Waals surface area contributed by atoms with Gasteiger partial charge >= 0.3 is 0 Å². The van der Waals surface area contributed by atoms with Gasteiger partial charge in [-0.1, -0.05) is 100 Å². The monoisotopic (exact) mass is 296 g/mol. The van der Waals surface area contributed by atoms with Gasteiger partial charge in [-0.15, -0.1) is 0 Å². The molecule has 0 fully saturated rings. The van der Waals surface area contributed by atoms with Crippen LogP contribution in [0.5, 0.6) is 0 Å². The van der Waals surface area contributed by atoms with Crippen LogP contribution in [0.15, 0.2) is 60.7 Å². The van der Waals surface area contributed by atoms with Crippen molar-refractivity contribution in [3.05, 3.63) is 71.8 Å². The minimum atomic E-state index is 1.24. The fraction of sp³-hybridized carbons (Fsp3) is 0.455. The van der Waals surface area contributed by atoms with Gasteiger partial charge in [-0.05, 0) is 36.8 Å². The first-order valence-electron chi connectivity index (χ1n) is 8.94. The zero-order valence-corrected chi connectivity index (χ0v) is 14.4. The average molecular weight is 296 g/mol. The summed E-state index contributed by atoms with van der Waals surface area (Å²) in [6.45, 7) is 4.48. The highest BCUT2D eigenvalue weighted by molar-refractivity contribution is 5.15. The predicted octanol–water partition coefficient (Wildman–Crippen LogP) is 6.84. The zero-order valence-electron chi connectivity index (χ0n) is 14.4. The van der Waals surface area contributed by atoms with E-state index in [0.29, 0.717) is 0 Å². The molecule has 2 aromatic carbocycles. The van der Waals surface area contributed by atoms with Crippen LogP contribution in [0.3, 0.4) is 0 Å². The fourth-order valence-electron chi connectivity index (χ4n) is 2.45. The Hall–Kier alpha value is -1.56. The van der Waals surface area contributed by atoms with Crippen LogP contribution in [-0.4, -0.2) is 0 Å². The van der Waals surface area contributed by atoms with Gasteiger partial charge in [0.2, 0.25) is 0 Å². The van der Waals surface area contributed by atoms with Crippen LogP contribution in [-0.2, 0) is 12.8 Å². The summed E-state index contributed by atoms with van der Waals surface area (Å²) in [4.78, 5) is 0. The normalized spacial score (nSPS) is 9.91. The molecule has 0 saturated carbocycles. The molecule has 0 amide bonds. The van der Waals surface area contributed by atoms with E-state index in [-0.39, 0.29) is 0 Å². The standard InChI is InChI=1S/2C11H16/c2*1-2-3-5-8-11-9-6-4-7-10-11/h2*4,6-7,9-10H,2-3,5,8H2,1H3. The van der Waals surface area contributed by atoms with Crippen LogP contribution < -0.4 is 0 Å². The van der Waals surface area contributed by atoms with Gasteiger partial charge < -0.3 is 0 Å². The Morgan fingerprint density at radius 2 is 0.864 bits per heavy atom. The van der Waals surface area contributed by atoms with Crippen molar-refractivity contribution >= 4 is 0 Å². The molecule has 0 heteroatoms. The number of unbranched alkanes of at least 4 members (excludes halogenated alkanes) is 4. The number of hydrogen-bond acceptors (Lipinski definition) is 0. The molecule has 0 N–H and O–H groups in total. The predicted molar refractivity (Wildman–Crippen MR) is 99.3 cm³/mol. The fourth-order valence-corrected chi connectivity index (χ4v) is 2.45. The van der Waals surface area contributed by atoms with E-state index in [1.165, 1.54) is 62.5 Å². The van der Waals surface area contributed by atoms with Gasteiger partial charge in [-0.25, -0.2) is 0 Å². The van der Waals surface area contributed by atoms with Gasteiger partial charge in [-0.2, -0.15) is 0 Å². The highest BCUT2D eigenvalue weighted by Gasteiger charge is 1.90. The lowest BCUT2D eigenvalue weighted by Gasteiger charge is -1.98. The lowest BCUT2D eigenvalue weighted by molar-refractivity contribution is 0.717. The summed E-state index contributed by atoms with van der Waals surface area (Å²) in [5.41, 5.74) is 2.95. The highest BCUT2D eigenvalue weighted by atomic mass is 14.0. The third-order valence-corrected chi connectivity index (χ3v) is 3.82.